The first-order valence-corrected chi connectivity index (χ1v) is 7.93. The van der Waals surface area contributed by atoms with Crippen molar-refractivity contribution in [2.45, 2.75) is 20.0 Å². The number of anilines is 2. The maximum absolute atomic E-state index is 12.6. The van der Waals surface area contributed by atoms with E-state index in [0.717, 1.165) is 27.2 Å². The van der Waals surface area contributed by atoms with Crippen molar-refractivity contribution in [3.8, 4) is 5.75 Å². The lowest BCUT2D eigenvalue weighted by Crippen LogP contribution is -2.44. The van der Waals surface area contributed by atoms with Crippen LogP contribution in [0.4, 0.5) is 16.2 Å². The molecular weight excluding hydrogens is 344 g/mol. The second-order valence-corrected chi connectivity index (χ2v) is 6.37. The summed E-state index contributed by atoms with van der Waals surface area (Å²) in [5.41, 5.74) is 2.66. The van der Waals surface area contributed by atoms with Gasteiger partial charge in [-0.1, -0.05) is 28.1 Å². The summed E-state index contributed by atoms with van der Waals surface area (Å²) in [6.07, 6.45) is -0.0385. The summed E-state index contributed by atoms with van der Waals surface area (Å²) in [4.78, 5) is 14.4. The molecule has 0 fully saturated rings. The van der Waals surface area contributed by atoms with Gasteiger partial charge in [-0.3, -0.25) is 4.90 Å². The number of hydrogen-bond donors (Lipinski definition) is 1. The molecular formula is C17H17BrN2O2. The number of carbonyl (C=O) groups is 1. The maximum atomic E-state index is 12.6. The highest BCUT2D eigenvalue weighted by Gasteiger charge is 2.27. The van der Waals surface area contributed by atoms with Gasteiger partial charge in [0.25, 0.3) is 0 Å². The van der Waals surface area contributed by atoms with Gasteiger partial charge in [0, 0.05) is 10.2 Å². The highest BCUT2D eigenvalue weighted by molar-refractivity contribution is 9.10. The van der Waals surface area contributed by atoms with Crippen LogP contribution in [0.5, 0.6) is 5.75 Å². The van der Waals surface area contributed by atoms with Crippen LogP contribution < -0.4 is 15.0 Å². The minimum absolute atomic E-state index is 0.0385. The molecule has 0 spiro atoms. The van der Waals surface area contributed by atoms with Crippen molar-refractivity contribution >= 4 is 33.3 Å². The smallest absolute Gasteiger partial charge is 0.326 e. The number of hydrogen-bond acceptors (Lipinski definition) is 2. The molecule has 3 rings (SSSR count). The Bertz CT molecular complexity index is 718. The zero-order valence-corrected chi connectivity index (χ0v) is 14.1. The second kappa shape index (κ2) is 6.01. The van der Waals surface area contributed by atoms with Gasteiger partial charge in [0.1, 0.15) is 11.9 Å². The van der Waals surface area contributed by atoms with E-state index in [9.17, 15) is 4.79 Å². The van der Waals surface area contributed by atoms with E-state index < -0.39 is 0 Å². The molecule has 0 radical (unpaired) electrons. The molecule has 114 valence electrons. The fraction of sp³-hybridized carbons (Fsp3) is 0.235. The Balaban J connectivity index is 1.88. The van der Waals surface area contributed by atoms with Crippen LogP contribution >= 0.6 is 15.9 Å². The minimum atomic E-state index is -0.153. The molecule has 0 bridgehead atoms. The van der Waals surface area contributed by atoms with Gasteiger partial charge in [0.15, 0.2) is 0 Å². The number of ether oxygens (including phenoxy) is 1. The Labute approximate surface area is 138 Å². The second-order valence-electron chi connectivity index (χ2n) is 5.45. The summed E-state index contributed by atoms with van der Waals surface area (Å²) < 4.78 is 6.74. The van der Waals surface area contributed by atoms with E-state index in [0.29, 0.717) is 6.54 Å². The van der Waals surface area contributed by atoms with Gasteiger partial charge in [0.05, 0.1) is 12.2 Å². The van der Waals surface area contributed by atoms with Crippen LogP contribution in [0.2, 0.25) is 0 Å². The summed E-state index contributed by atoms with van der Waals surface area (Å²) in [7, 11) is 0. The van der Waals surface area contributed by atoms with Gasteiger partial charge in [-0.25, -0.2) is 4.79 Å². The highest BCUT2D eigenvalue weighted by Crippen LogP contribution is 2.34. The van der Waals surface area contributed by atoms with Crippen LogP contribution in [0.25, 0.3) is 0 Å². The zero-order valence-electron chi connectivity index (χ0n) is 12.5. The van der Waals surface area contributed by atoms with E-state index in [1.165, 1.54) is 0 Å². The van der Waals surface area contributed by atoms with Gasteiger partial charge in [-0.15, -0.1) is 0 Å². The van der Waals surface area contributed by atoms with E-state index in [1.54, 1.807) is 4.90 Å². The molecule has 4 nitrogen and oxygen atoms in total. The molecule has 1 N–H and O–H groups in total. The lowest BCUT2D eigenvalue weighted by Gasteiger charge is -2.33. The van der Waals surface area contributed by atoms with Crippen molar-refractivity contribution in [2.75, 3.05) is 16.8 Å². The molecule has 1 aliphatic heterocycles. The van der Waals surface area contributed by atoms with Gasteiger partial charge < -0.3 is 10.1 Å². The molecule has 0 saturated heterocycles. The van der Waals surface area contributed by atoms with Crippen LogP contribution in [0, 0.1) is 6.92 Å². The lowest BCUT2D eigenvalue weighted by molar-refractivity contribution is 0.208. The molecule has 0 unspecified atom stereocenters. The quantitative estimate of drug-likeness (QED) is 0.808. The number of nitrogens with zero attached hydrogens (tertiary/aromatic N) is 1. The molecule has 1 aliphatic rings. The van der Waals surface area contributed by atoms with Gasteiger partial charge in [0.2, 0.25) is 0 Å². The van der Waals surface area contributed by atoms with Crippen LogP contribution in [-0.2, 0) is 0 Å². The Morgan fingerprint density at radius 1 is 1.32 bits per heavy atom. The van der Waals surface area contributed by atoms with Crippen molar-refractivity contribution in [3.63, 3.8) is 0 Å². The Kier molecular flexibility index (Phi) is 4.07. The first-order chi connectivity index (χ1) is 10.5. The molecule has 1 heterocycles. The fourth-order valence-corrected chi connectivity index (χ4v) is 2.90. The minimum Gasteiger partial charge on any atom is -0.487 e. The molecule has 5 heteroatoms. The van der Waals surface area contributed by atoms with E-state index in [2.05, 4.69) is 21.2 Å². The topological polar surface area (TPSA) is 41.6 Å². The summed E-state index contributed by atoms with van der Waals surface area (Å²) in [5.74, 6) is 0.744. The normalized spacial score (nSPS) is 16.7. The van der Waals surface area contributed by atoms with Crippen molar-refractivity contribution in [1.29, 1.82) is 0 Å². The standard InChI is InChI=1S/C17H17BrN2O2/c1-11-6-7-16-15(8-11)20(10-12(2)22-16)17(21)19-14-5-3-4-13(18)9-14/h3-9,12H,10H2,1-2H3,(H,19,21)/t12-/m1/s1. The third-order valence-electron chi connectivity index (χ3n) is 3.49. The third kappa shape index (κ3) is 3.09. The average molecular weight is 361 g/mol. The summed E-state index contributed by atoms with van der Waals surface area (Å²) in [6.45, 7) is 4.49. The summed E-state index contributed by atoms with van der Waals surface area (Å²) >= 11 is 3.41. The van der Waals surface area contributed by atoms with Gasteiger partial charge in [-0.2, -0.15) is 0 Å². The highest BCUT2D eigenvalue weighted by atomic mass is 79.9. The number of rotatable bonds is 1. The first-order valence-electron chi connectivity index (χ1n) is 7.14. The first kappa shape index (κ1) is 14.9. The van der Waals surface area contributed by atoms with Crippen LogP contribution in [0.15, 0.2) is 46.9 Å². The monoisotopic (exact) mass is 360 g/mol. The third-order valence-corrected chi connectivity index (χ3v) is 3.99. The average Bonchev–Trinajstić information content (AvgIpc) is 2.47. The lowest BCUT2D eigenvalue weighted by atomic mass is 10.1. The van der Waals surface area contributed by atoms with Crippen molar-refractivity contribution in [1.82, 2.24) is 0 Å². The van der Waals surface area contributed by atoms with E-state index in [4.69, 9.17) is 4.74 Å². The van der Waals surface area contributed by atoms with Crippen molar-refractivity contribution < 1.29 is 9.53 Å². The zero-order chi connectivity index (χ0) is 15.7. The predicted molar refractivity (Wildman–Crippen MR) is 91.8 cm³/mol. The number of halogens is 1. The SMILES string of the molecule is Cc1ccc2c(c1)N(C(=O)Nc1cccc(Br)c1)C[C@@H](C)O2. The molecule has 2 aromatic carbocycles. The predicted octanol–water partition coefficient (Wildman–Crippen LogP) is 4.58. The van der Waals surface area contributed by atoms with Crippen LogP contribution in [-0.4, -0.2) is 18.7 Å². The summed E-state index contributed by atoms with van der Waals surface area (Å²) in [6, 6.07) is 13.3. The molecule has 0 aliphatic carbocycles. The number of aryl methyl sites for hydroxylation is 1. The fourth-order valence-electron chi connectivity index (χ4n) is 2.50. The van der Waals surface area contributed by atoms with Crippen LogP contribution in [0.3, 0.4) is 0 Å². The molecule has 2 amide bonds. The van der Waals surface area contributed by atoms with Gasteiger partial charge in [-0.05, 0) is 49.7 Å². The van der Waals surface area contributed by atoms with Crippen molar-refractivity contribution in [3.05, 3.63) is 52.5 Å². The Hall–Kier alpha value is -2.01. The number of benzene rings is 2. The molecule has 2 aromatic rings. The molecule has 0 aromatic heterocycles. The summed E-state index contributed by atoms with van der Waals surface area (Å²) in [5, 5.41) is 2.93. The van der Waals surface area contributed by atoms with E-state index in [-0.39, 0.29) is 12.1 Å². The number of nitrogens with one attached hydrogen (secondary N) is 1. The van der Waals surface area contributed by atoms with E-state index in [1.807, 2.05) is 56.3 Å². The van der Waals surface area contributed by atoms with Crippen molar-refractivity contribution in [2.24, 2.45) is 0 Å². The molecule has 22 heavy (non-hydrogen) atoms. The number of amides is 2. The van der Waals surface area contributed by atoms with Gasteiger partial charge >= 0.3 is 6.03 Å². The number of urea groups is 1. The maximum Gasteiger partial charge on any atom is 0.326 e. The Morgan fingerprint density at radius 3 is 2.91 bits per heavy atom. The molecule has 1 atom stereocenters. The Morgan fingerprint density at radius 2 is 2.14 bits per heavy atom. The van der Waals surface area contributed by atoms with E-state index >= 15 is 0 Å². The number of fused-ring (bicyclic) bond motifs is 1. The molecule has 0 saturated carbocycles. The van der Waals surface area contributed by atoms with Crippen LogP contribution in [0.1, 0.15) is 12.5 Å². The largest absolute Gasteiger partial charge is 0.487 e. The number of carbonyl (C=O) groups excluding carboxylic acids is 1.